The smallest absolute Gasteiger partial charge is 0.253 e. The molecule has 1 atom stereocenters. The Hall–Kier alpha value is -3.61. The van der Waals surface area contributed by atoms with Crippen molar-refractivity contribution in [1.29, 1.82) is 0 Å². The number of aromatic nitrogens is 1. The molecule has 7 heteroatoms. The van der Waals surface area contributed by atoms with E-state index in [0.29, 0.717) is 18.5 Å². The van der Waals surface area contributed by atoms with Gasteiger partial charge in [0.1, 0.15) is 6.04 Å². The van der Waals surface area contributed by atoms with Crippen LogP contribution < -0.4 is 10.6 Å². The fourth-order valence-electron chi connectivity index (χ4n) is 3.31. The van der Waals surface area contributed by atoms with Gasteiger partial charge >= 0.3 is 0 Å². The Balaban J connectivity index is 1.67. The average Bonchev–Trinajstić information content (AvgIpc) is 3.14. The van der Waals surface area contributed by atoms with E-state index in [1.54, 1.807) is 26.2 Å². The molecule has 3 aromatic rings. The highest BCUT2D eigenvalue weighted by atomic mass is 16.2. The normalized spacial score (nSPS) is 11.7. The summed E-state index contributed by atoms with van der Waals surface area (Å²) in [4.78, 5) is 41.1. The number of para-hydroxylation sites is 1. The highest BCUT2D eigenvalue weighted by Gasteiger charge is 2.21. The van der Waals surface area contributed by atoms with Crippen molar-refractivity contribution in [3.05, 3.63) is 71.4 Å². The van der Waals surface area contributed by atoms with Gasteiger partial charge in [0.25, 0.3) is 5.91 Å². The molecule has 0 aliphatic heterocycles. The van der Waals surface area contributed by atoms with Gasteiger partial charge in [0.2, 0.25) is 11.8 Å². The summed E-state index contributed by atoms with van der Waals surface area (Å²) in [5, 5.41) is 6.65. The van der Waals surface area contributed by atoms with Crippen LogP contribution in [-0.4, -0.2) is 47.7 Å². The van der Waals surface area contributed by atoms with Crippen LogP contribution in [0.15, 0.2) is 54.7 Å². The van der Waals surface area contributed by atoms with Crippen LogP contribution >= 0.6 is 0 Å². The third-order valence-electron chi connectivity index (χ3n) is 4.87. The van der Waals surface area contributed by atoms with Crippen LogP contribution in [0, 0.1) is 0 Å². The van der Waals surface area contributed by atoms with Crippen molar-refractivity contribution in [3.63, 3.8) is 0 Å². The van der Waals surface area contributed by atoms with Gasteiger partial charge in [0.15, 0.2) is 0 Å². The lowest BCUT2D eigenvalue weighted by Gasteiger charge is -2.18. The van der Waals surface area contributed by atoms with E-state index in [-0.39, 0.29) is 17.7 Å². The van der Waals surface area contributed by atoms with Gasteiger partial charge in [-0.25, -0.2) is 0 Å². The van der Waals surface area contributed by atoms with E-state index in [0.717, 1.165) is 22.0 Å². The second-order valence-corrected chi connectivity index (χ2v) is 7.43. The summed E-state index contributed by atoms with van der Waals surface area (Å²) in [7, 11) is 3.40. The Labute approximate surface area is 175 Å². The van der Waals surface area contributed by atoms with Crippen LogP contribution in [0.1, 0.15) is 28.4 Å². The van der Waals surface area contributed by atoms with Crippen LogP contribution in [0.5, 0.6) is 0 Å². The summed E-state index contributed by atoms with van der Waals surface area (Å²) in [6, 6.07) is 14.3. The van der Waals surface area contributed by atoms with Crippen molar-refractivity contribution < 1.29 is 14.4 Å². The summed E-state index contributed by atoms with van der Waals surface area (Å²) in [6.07, 6.45) is 2.25. The Morgan fingerprint density at radius 3 is 2.40 bits per heavy atom. The van der Waals surface area contributed by atoms with Gasteiger partial charge in [-0.3, -0.25) is 14.4 Å². The Morgan fingerprint density at radius 1 is 1.03 bits per heavy atom. The number of nitrogens with one attached hydrogen (secondary N) is 3. The highest BCUT2D eigenvalue weighted by molar-refractivity contribution is 5.94. The largest absolute Gasteiger partial charge is 0.361 e. The predicted octanol–water partition coefficient (Wildman–Crippen LogP) is 2.23. The van der Waals surface area contributed by atoms with Crippen molar-refractivity contribution >= 4 is 28.6 Å². The van der Waals surface area contributed by atoms with Gasteiger partial charge in [-0.1, -0.05) is 30.3 Å². The van der Waals surface area contributed by atoms with Gasteiger partial charge in [0.05, 0.1) is 0 Å². The number of carbonyl (C=O) groups is 3. The van der Waals surface area contributed by atoms with E-state index in [1.165, 1.54) is 11.8 Å². The molecule has 3 amide bonds. The van der Waals surface area contributed by atoms with E-state index >= 15 is 0 Å². The topological polar surface area (TPSA) is 94.3 Å². The molecule has 1 aromatic heterocycles. The molecule has 30 heavy (non-hydrogen) atoms. The second kappa shape index (κ2) is 9.26. The minimum Gasteiger partial charge on any atom is -0.361 e. The van der Waals surface area contributed by atoms with E-state index in [2.05, 4.69) is 15.6 Å². The van der Waals surface area contributed by atoms with Crippen molar-refractivity contribution in [2.24, 2.45) is 0 Å². The molecule has 0 saturated carbocycles. The minimum atomic E-state index is -0.684. The maximum absolute atomic E-state index is 12.8. The number of hydrogen-bond donors (Lipinski definition) is 3. The molecular formula is C23H26N4O3. The first kappa shape index (κ1) is 21.1. The molecule has 0 fully saturated rings. The van der Waals surface area contributed by atoms with E-state index in [9.17, 15) is 14.4 Å². The fraction of sp³-hybridized carbons (Fsp3) is 0.261. The maximum Gasteiger partial charge on any atom is 0.253 e. The Bertz CT molecular complexity index is 1050. The molecule has 3 N–H and O–H groups in total. The zero-order chi connectivity index (χ0) is 21.7. The molecule has 0 bridgehead atoms. The van der Waals surface area contributed by atoms with E-state index < -0.39 is 6.04 Å². The number of hydrogen-bond acceptors (Lipinski definition) is 3. The molecule has 1 unspecified atom stereocenters. The minimum absolute atomic E-state index is 0.0740. The van der Waals surface area contributed by atoms with Crippen molar-refractivity contribution in [2.45, 2.75) is 25.9 Å². The average molecular weight is 406 g/mol. The second-order valence-electron chi connectivity index (χ2n) is 7.43. The molecule has 0 spiro atoms. The third-order valence-corrected chi connectivity index (χ3v) is 4.87. The van der Waals surface area contributed by atoms with Gasteiger partial charge < -0.3 is 20.5 Å². The zero-order valence-corrected chi connectivity index (χ0v) is 17.4. The molecule has 0 aliphatic rings. The number of aromatic amines is 1. The number of H-pyrrole nitrogens is 1. The first-order valence-electron chi connectivity index (χ1n) is 9.75. The monoisotopic (exact) mass is 406 g/mol. The molecular weight excluding hydrogens is 380 g/mol. The van der Waals surface area contributed by atoms with Crippen LogP contribution in [-0.2, 0) is 22.6 Å². The molecule has 1 heterocycles. The highest BCUT2D eigenvalue weighted by Crippen LogP contribution is 2.19. The molecule has 2 aromatic carbocycles. The number of amides is 3. The molecule has 0 radical (unpaired) electrons. The summed E-state index contributed by atoms with van der Waals surface area (Å²) >= 11 is 0. The predicted molar refractivity (Wildman–Crippen MR) is 116 cm³/mol. The van der Waals surface area contributed by atoms with E-state index in [4.69, 9.17) is 0 Å². The van der Waals surface area contributed by atoms with Crippen LogP contribution in [0.4, 0.5) is 0 Å². The maximum atomic E-state index is 12.8. The lowest BCUT2D eigenvalue weighted by atomic mass is 10.0. The van der Waals surface area contributed by atoms with Crippen LogP contribution in [0.2, 0.25) is 0 Å². The fourth-order valence-corrected chi connectivity index (χ4v) is 3.31. The third kappa shape index (κ3) is 5.05. The Kier molecular flexibility index (Phi) is 6.51. The lowest BCUT2D eigenvalue weighted by molar-refractivity contribution is -0.128. The summed E-state index contributed by atoms with van der Waals surface area (Å²) in [6.45, 7) is 1.70. The molecule has 156 valence electrons. The van der Waals surface area contributed by atoms with Crippen molar-refractivity contribution in [2.75, 3.05) is 14.1 Å². The first-order chi connectivity index (χ1) is 14.3. The summed E-state index contributed by atoms with van der Waals surface area (Å²) in [5.41, 5.74) is 3.41. The quantitative estimate of drug-likeness (QED) is 0.562. The van der Waals surface area contributed by atoms with Gasteiger partial charge in [-0.15, -0.1) is 0 Å². The number of fused-ring (bicyclic) bond motifs is 1. The molecule has 3 rings (SSSR count). The van der Waals surface area contributed by atoms with Crippen LogP contribution in [0.25, 0.3) is 10.9 Å². The SMILES string of the molecule is CC(=O)NC(Cc1c[nH]c2ccccc12)C(=O)NCc1ccc(C(=O)N(C)C)cc1. The molecule has 0 aliphatic carbocycles. The first-order valence-corrected chi connectivity index (χ1v) is 9.75. The van der Waals surface area contributed by atoms with Crippen molar-refractivity contribution in [1.82, 2.24) is 20.5 Å². The van der Waals surface area contributed by atoms with Gasteiger partial charge in [-0.05, 0) is 29.3 Å². The van der Waals surface area contributed by atoms with Crippen LogP contribution in [0.3, 0.4) is 0 Å². The van der Waals surface area contributed by atoms with Gasteiger partial charge in [0, 0.05) is 56.6 Å². The number of carbonyl (C=O) groups excluding carboxylic acids is 3. The summed E-state index contributed by atoms with van der Waals surface area (Å²) < 4.78 is 0. The van der Waals surface area contributed by atoms with Crippen molar-refractivity contribution in [3.8, 4) is 0 Å². The molecule has 0 saturated heterocycles. The lowest BCUT2D eigenvalue weighted by Crippen LogP contribution is -2.47. The molecule has 7 nitrogen and oxygen atoms in total. The Morgan fingerprint density at radius 2 is 1.73 bits per heavy atom. The number of benzene rings is 2. The van der Waals surface area contributed by atoms with E-state index in [1.807, 2.05) is 42.6 Å². The van der Waals surface area contributed by atoms with Gasteiger partial charge in [-0.2, -0.15) is 0 Å². The standard InChI is InChI=1S/C23H26N4O3/c1-15(28)26-21(12-18-14-24-20-7-5-4-6-19(18)20)22(29)25-13-16-8-10-17(11-9-16)23(30)27(2)3/h4-11,14,21,24H,12-13H2,1-3H3,(H,25,29)(H,26,28). The summed E-state index contributed by atoms with van der Waals surface area (Å²) in [5.74, 6) is -0.597. The number of nitrogens with zero attached hydrogens (tertiary/aromatic N) is 1. The number of rotatable bonds is 7. The zero-order valence-electron chi connectivity index (χ0n) is 17.4.